The summed E-state index contributed by atoms with van der Waals surface area (Å²) in [6.07, 6.45) is 5.88. The summed E-state index contributed by atoms with van der Waals surface area (Å²) in [5.41, 5.74) is 8.34. The molecule has 1 aliphatic heterocycles. The minimum atomic E-state index is -0.346. The minimum Gasteiger partial charge on any atom is -0.460 e. The third-order valence-corrected chi connectivity index (χ3v) is 7.96. The van der Waals surface area contributed by atoms with Gasteiger partial charge in [0.15, 0.2) is 5.75 Å². The van der Waals surface area contributed by atoms with Crippen LogP contribution in [0.2, 0.25) is 0 Å². The molecule has 1 atom stereocenters. The van der Waals surface area contributed by atoms with Crippen molar-refractivity contribution in [2.75, 3.05) is 30.4 Å². The lowest BCUT2D eigenvalue weighted by Crippen LogP contribution is -2.69. The van der Waals surface area contributed by atoms with Gasteiger partial charge in [-0.25, -0.2) is 4.39 Å². The van der Waals surface area contributed by atoms with Gasteiger partial charge in [-0.3, -0.25) is 0 Å². The number of nitrogens with zero attached hydrogens (tertiary/aromatic N) is 5. The van der Waals surface area contributed by atoms with Crippen LogP contribution in [0.25, 0.3) is 21.9 Å². The molecule has 11 nitrogen and oxygen atoms in total. The zero-order valence-corrected chi connectivity index (χ0v) is 20.2. The Bertz CT molecular complexity index is 1500. The number of aromatic amines is 1. The lowest BCUT2D eigenvalue weighted by Gasteiger charge is -2.60. The van der Waals surface area contributed by atoms with Crippen LogP contribution in [-0.4, -0.2) is 68.4 Å². The highest BCUT2D eigenvalue weighted by Gasteiger charge is 2.54. The highest BCUT2D eigenvalue weighted by Crippen LogP contribution is 2.50. The summed E-state index contributed by atoms with van der Waals surface area (Å²) in [7, 11) is 1.75. The summed E-state index contributed by atoms with van der Waals surface area (Å²) in [5, 5.41) is 13.9. The molecule has 192 valence electrons. The maximum atomic E-state index is 14.5. The number of ether oxygens (including phenoxy) is 2. The average Bonchev–Trinajstić information content (AvgIpc) is 3.20. The van der Waals surface area contributed by atoms with Crippen LogP contribution in [-0.2, 0) is 0 Å². The van der Waals surface area contributed by atoms with Gasteiger partial charge >= 0.3 is 12.0 Å². The highest BCUT2D eigenvalue weighted by molar-refractivity contribution is 6.14. The van der Waals surface area contributed by atoms with Crippen molar-refractivity contribution in [3.63, 3.8) is 0 Å². The minimum absolute atomic E-state index is 0.0759. The summed E-state index contributed by atoms with van der Waals surface area (Å²) < 4.78 is 26.1. The van der Waals surface area contributed by atoms with Crippen LogP contribution in [0.3, 0.4) is 0 Å². The molecule has 3 aliphatic rings. The number of rotatable bonds is 6. The number of aliphatic hydroxyl groups excluding tert-OH is 1. The molecule has 7 rings (SSSR count). The van der Waals surface area contributed by atoms with E-state index < -0.39 is 0 Å². The Balaban J connectivity index is 1.24. The Morgan fingerprint density at radius 2 is 1.97 bits per heavy atom. The second-order valence-electron chi connectivity index (χ2n) is 10.3. The SMILES string of the molecule is CNc1cc(F)cc2c1[nH]c1nc(Oc3cnc(OC4CC(O)C4)nc3)nc(N3CC4(CC[C@H]4N)C3)c12. The van der Waals surface area contributed by atoms with Crippen molar-refractivity contribution in [2.45, 2.75) is 43.9 Å². The Labute approximate surface area is 211 Å². The first-order chi connectivity index (χ1) is 17.9. The smallest absolute Gasteiger partial charge is 0.326 e. The van der Waals surface area contributed by atoms with Gasteiger partial charge < -0.3 is 35.5 Å². The standard InChI is InChI=1S/C25H27FN8O3/c1-28-17-5-12(26)4-16-19-21(31-20(16)17)32-24(33-22(19)34-10-25(11-34)3-2-18(25)27)37-15-8-29-23(30-9-15)36-14-6-13(35)7-14/h4-5,8-9,13-14,18,28,35H,2-3,6-7,10-11,27H2,1H3,(H,31,32,33)/t13?,14?,18-/m1/s1. The number of aliphatic hydroxyl groups is 1. The highest BCUT2D eigenvalue weighted by atomic mass is 19.1. The lowest BCUT2D eigenvalue weighted by atomic mass is 9.60. The zero-order valence-electron chi connectivity index (χ0n) is 20.2. The van der Waals surface area contributed by atoms with Gasteiger partial charge in [0, 0.05) is 49.8 Å². The number of H-pyrrole nitrogens is 1. The molecule has 1 aromatic carbocycles. The van der Waals surface area contributed by atoms with Crippen LogP contribution in [0.1, 0.15) is 25.7 Å². The fourth-order valence-electron chi connectivity index (χ4n) is 5.58. The molecule has 3 aromatic heterocycles. The number of anilines is 2. The second-order valence-corrected chi connectivity index (χ2v) is 10.3. The number of halogens is 1. The van der Waals surface area contributed by atoms with Crippen LogP contribution >= 0.6 is 0 Å². The van der Waals surface area contributed by atoms with Gasteiger partial charge in [0.2, 0.25) is 0 Å². The average molecular weight is 507 g/mol. The number of aromatic nitrogens is 5. The third-order valence-electron chi connectivity index (χ3n) is 7.96. The molecule has 37 heavy (non-hydrogen) atoms. The third kappa shape index (κ3) is 3.62. The Morgan fingerprint density at radius 3 is 2.62 bits per heavy atom. The Morgan fingerprint density at radius 1 is 1.19 bits per heavy atom. The molecule has 2 aliphatic carbocycles. The van der Waals surface area contributed by atoms with Gasteiger partial charge in [-0.05, 0) is 25.0 Å². The van der Waals surface area contributed by atoms with Gasteiger partial charge in [-0.2, -0.15) is 19.9 Å². The zero-order chi connectivity index (χ0) is 25.3. The summed E-state index contributed by atoms with van der Waals surface area (Å²) in [4.78, 5) is 23.2. The molecule has 4 heterocycles. The molecular formula is C25H27FN8O3. The summed E-state index contributed by atoms with van der Waals surface area (Å²) in [5.74, 6) is 0.680. The van der Waals surface area contributed by atoms with E-state index in [2.05, 4.69) is 30.2 Å². The van der Waals surface area contributed by atoms with Gasteiger partial charge in [0.05, 0.1) is 35.1 Å². The van der Waals surface area contributed by atoms with E-state index in [-0.39, 0.29) is 41.5 Å². The van der Waals surface area contributed by atoms with E-state index in [0.29, 0.717) is 41.1 Å². The van der Waals surface area contributed by atoms with Crippen LogP contribution in [0.5, 0.6) is 17.8 Å². The lowest BCUT2D eigenvalue weighted by molar-refractivity contribution is -0.0151. The van der Waals surface area contributed by atoms with E-state index >= 15 is 0 Å². The molecule has 0 unspecified atom stereocenters. The van der Waals surface area contributed by atoms with Gasteiger partial charge in [-0.15, -0.1) is 0 Å². The molecule has 2 saturated carbocycles. The van der Waals surface area contributed by atoms with Gasteiger partial charge in [0.25, 0.3) is 0 Å². The Hall–Kier alpha value is -3.77. The Kier molecular flexibility index (Phi) is 4.92. The van der Waals surface area contributed by atoms with Crippen molar-refractivity contribution in [3.8, 4) is 17.8 Å². The van der Waals surface area contributed by atoms with Gasteiger partial charge in [-0.1, -0.05) is 0 Å². The number of benzene rings is 1. The molecule has 5 N–H and O–H groups in total. The molecule has 12 heteroatoms. The van der Waals surface area contributed by atoms with Crippen molar-refractivity contribution in [1.82, 2.24) is 24.9 Å². The van der Waals surface area contributed by atoms with E-state index in [1.807, 2.05) is 0 Å². The molecule has 0 radical (unpaired) electrons. The van der Waals surface area contributed by atoms with Gasteiger partial charge in [0.1, 0.15) is 23.4 Å². The number of fused-ring (bicyclic) bond motifs is 3. The van der Waals surface area contributed by atoms with E-state index in [0.717, 1.165) is 36.8 Å². The van der Waals surface area contributed by atoms with Crippen LogP contribution in [0.4, 0.5) is 15.9 Å². The number of hydrogen-bond donors (Lipinski definition) is 4. The fraction of sp³-hybridized carbons (Fsp3) is 0.440. The van der Waals surface area contributed by atoms with E-state index in [1.165, 1.54) is 24.5 Å². The van der Waals surface area contributed by atoms with Crippen LogP contribution in [0, 0.1) is 11.2 Å². The quantitative estimate of drug-likeness (QED) is 0.308. The first-order valence-electron chi connectivity index (χ1n) is 12.5. The maximum Gasteiger partial charge on any atom is 0.326 e. The van der Waals surface area contributed by atoms with Crippen LogP contribution < -0.4 is 25.4 Å². The molecule has 3 fully saturated rings. The number of nitrogens with one attached hydrogen (secondary N) is 2. The second kappa shape index (κ2) is 8.12. The fourth-order valence-corrected chi connectivity index (χ4v) is 5.58. The normalized spacial score (nSPS) is 24.0. The molecule has 0 bridgehead atoms. The molecular weight excluding hydrogens is 479 g/mol. The number of hydrogen-bond acceptors (Lipinski definition) is 10. The summed E-state index contributed by atoms with van der Waals surface area (Å²) in [6, 6.07) is 3.48. The molecule has 0 amide bonds. The molecule has 1 saturated heterocycles. The first kappa shape index (κ1) is 22.4. The van der Waals surface area contributed by atoms with Crippen molar-refractivity contribution in [3.05, 3.63) is 30.3 Å². The number of nitrogens with two attached hydrogens (primary N) is 1. The van der Waals surface area contributed by atoms with E-state index in [1.54, 1.807) is 7.05 Å². The topological polar surface area (TPSA) is 147 Å². The van der Waals surface area contributed by atoms with Crippen LogP contribution in [0.15, 0.2) is 24.5 Å². The summed E-state index contributed by atoms with van der Waals surface area (Å²) in [6.45, 7) is 1.57. The maximum absolute atomic E-state index is 14.5. The van der Waals surface area contributed by atoms with Crippen molar-refractivity contribution < 1.29 is 19.0 Å². The predicted octanol–water partition coefficient (Wildman–Crippen LogP) is 2.70. The van der Waals surface area contributed by atoms with Crippen molar-refractivity contribution in [1.29, 1.82) is 0 Å². The molecule has 4 aromatic rings. The van der Waals surface area contributed by atoms with Crippen molar-refractivity contribution in [2.24, 2.45) is 11.1 Å². The largest absolute Gasteiger partial charge is 0.460 e. The first-order valence-corrected chi connectivity index (χ1v) is 12.5. The van der Waals surface area contributed by atoms with Crippen molar-refractivity contribution >= 4 is 33.4 Å². The monoisotopic (exact) mass is 506 g/mol. The predicted molar refractivity (Wildman–Crippen MR) is 135 cm³/mol. The molecule has 1 spiro atoms. The van der Waals surface area contributed by atoms with E-state index in [4.69, 9.17) is 20.2 Å². The summed E-state index contributed by atoms with van der Waals surface area (Å²) >= 11 is 0. The van der Waals surface area contributed by atoms with E-state index in [9.17, 15) is 9.50 Å².